The van der Waals surface area contributed by atoms with Crippen molar-refractivity contribution in [2.45, 2.75) is 6.92 Å². The molecule has 1 aromatic carbocycles. The Morgan fingerprint density at radius 3 is 3.00 bits per heavy atom. The predicted octanol–water partition coefficient (Wildman–Crippen LogP) is 1.99. The van der Waals surface area contributed by atoms with Gasteiger partial charge in [-0.15, -0.1) is 0 Å². The van der Waals surface area contributed by atoms with Gasteiger partial charge in [0.1, 0.15) is 5.75 Å². The molecule has 13 heavy (non-hydrogen) atoms. The lowest BCUT2D eigenvalue weighted by Crippen LogP contribution is -1.85. The summed E-state index contributed by atoms with van der Waals surface area (Å²) >= 11 is 0. The molecular formula is C10H9NO2. The molecule has 1 heterocycles. The zero-order valence-corrected chi connectivity index (χ0v) is 7.16. The van der Waals surface area contributed by atoms with Crippen LogP contribution < -0.4 is 0 Å². The molecule has 0 aliphatic heterocycles. The van der Waals surface area contributed by atoms with Crippen LogP contribution in [-0.2, 0) is 0 Å². The number of carbonyl (C=O) groups is 1. The van der Waals surface area contributed by atoms with E-state index in [4.69, 9.17) is 0 Å². The molecule has 0 bridgehead atoms. The van der Waals surface area contributed by atoms with E-state index >= 15 is 0 Å². The van der Waals surface area contributed by atoms with Crippen LogP contribution in [0.25, 0.3) is 10.9 Å². The van der Waals surface area contributed by atoms with Gasteiger partial charge in [-0.1, -0.05) is 0 Å². The molecule has 0 saturated carbocycles. The summed E-state index contributed by atoms with van der Waals surface area (Å²) in [5.41, 5.74) is 2.19. The number of aromatic hydroxyl groups is 1. The van der Waals surface area contributed by atoms with Gasteiger partial charge in [0.15, 0.2) is 6.29 Å². The molecule has 0 fully saturated rings. The van der Waals surface area contributed by atoms with Crippen molar-refractivity contribution in [3.05, 3.63) is 29.5 Å². The number of hydrogen-bond acceptors (Lipinski definition) is 2. The van der Waals surface area contributed by atoms with Crippen LogP contribution in [0, 0.1) is 6.92 Å². The minimum absolute atomic E-state index is 0.0413. The standard InChI is InChI=1S/C10H9NO2/c1-6-4-9(13)8(5-12)7-2-3-11-10(6)7/h2-5,11,13H,1H3. The summed E-state index contributed by atoms with van der Waals surface area (Å²) in [4.78, 5) is 13.7. The lowest BCUT2D eigenvalue weighted by atomic mass is 10.1. The lowest BCUT2D eigenvalue weighted by Gasteiger charge is -2.02. The van der Waals surface area contributed by atoms with Crippen molar-refractivity contribution in [3.8, 4) is 5.75 Å². The van der Waals surface area contributed by atoms with Gasteiger partial charge in [-0.2, -0.15) is 0 Å². The van der Waals surface area contributed by atoms with Gasteiger partial charge in [-0.3, -0.25) is 4.79 Å². The maximum atomic E-state index is 10.7. The molecule has 2 N–H and O–H groups in total. The van der Waals surface area contributed by atoms with Crippen LogP contribution >= 0.6 is 0 Å². The number of aryl methyl sites for hydroxylation is 1. The van der Waals surface area contributed by atoms with Gasteiger partial charge < -0.3 is 10.1 Å². The van der Waals surface area contributed by atoms with E-state index in [1.165, 1.54) is 0 Å². The maximum absolute atomic E-state index is 10.7. The molecule has 0 aliphatic carbocycles. The minimum Gasteiger partial charge on any atom is -0.507 e. The molecule has 2 aromatic rings. The van der Waals surface area contributed by atoms with E-state index in [0.717, 1.165) is 16.5 Å². The zero-order chi connectivity index (χ0) is 9.42. The number of fused-ring (bicyclic) bond motifs is 1. The summed E-state index contributed by atoms with van der Waals surface area (Å²) in [6.07, 6.45) is 2.43. The molecule has 0 radical (unpaired) electrons. The zero-order valence-electron chi connectivity index (χ0n) is 7.16. The lowest BCUT2D eigenvalue weighted by molar-refractivity contribution is 0.112. The predicted molar refractivity (Wildman–Crippen MR) is 50.1 cm³/mol. The monoisotopic (exact) mass is 175 g/mol. The van der Waals surface area contributed by atoms with Crippen molar-refractivity contribution in [1.29, 1.82) is 0 Å². The molecule has 3 nitrogen and oxygen atoms in total. The van der Waals surface area contributed by atoms with Crippen LogP contribution in [0.15, 0.2) is 18.3 Å². The van der Waals surface area contributed by atoms with E-state index in [0.29, 0.717) is 11.8 Å². The topological polar surface area (TPSA) is 53.1 Å². The SMILES string of the molecule is Cc1cc(O)c(C=O)c2cc[nH]c12. The Morgan fingerprint density at radius 2 is 2.31 bits per heavy atom. The number of benzene rings is 1. The molecule has 3 heteroatoms. The summed E-state index contributed by atoms with van der Waals surface area (Å²) < 4.78 is 0. The Balaban J connectivity index is 2.96. The molecular weight excluding hydrogens is 166 g/mol. The molecule has 0 aliphatic rings. The molecule has 0 spiro atoms. The second-order valence-electron chi connectivity index (χ2n) is 3.01. The van der Waals surface area contributed by atoms with E-state index in [1.54, 1.807) is 18.3 Å². The van der Waals surface area contributed by atoms with Crippen LogP contribution in [0.3, 0.4) is 0 Å². The first kappa shape index (κ1) is 7.86. The van der Waals surface area contributed by atoms with Gasteiger partial charge in [0.25, 0.3) is 0 Å². The van der Waals surface area contributed by atoms with Crippen LogP contribution in [-0.4, -0.2) is 16.4 Å². The van der Waals surface area contributed by atoms with Crippen molar-refractivity contribution in [1.82, 2.24) is 4.98 Å². The largest absolute Gasteiger partial charge is 0.507 e. The normalized spacial score (nSPS) is 10.5. The molecule has 2 rings (SSSR count). The smallest absolute Gasteiger partial charge is 0.154 e. The number of aldehydes is 1. The third-order valence-corrected chi connectivity index (χ3v) is 2.18. The number of phenolic OH excluding ortho intramolecular Hbond substituents is 1. The molecule has 66 valence electrons. The van der Waals surface area contributed by atoms with Gasteiger partial charge in [0, 0.05) is 17.1 Å². The first-order valence-electron chi connectivity index (χ1n) is 3.99. The number of carbonyl (C=O) groups excluding carboxylic acids is 1. The number of H-pyrrole nitrogens is 1. The summed E-state index contributed by atoms with van der Waals surface area (Å²) in [7, 11) is 0. The first-order chi connectivity index (χ1) is 6.24. The number of phenols is 1. The molecule has 1 aromatic heterocycles. The summed E-state index contributed by atoms with van der Waals surface area (Å²) in [6, 6.07) is 3.37. The van der Waals surface area contributed by atoms with Crippen LogP contribution in [0.4, 0.5) is 0 Å². The Kier molecular flexibility index (Phi) is 1.59. The van der Waals surface area contributed by atoms with Crippen molar-refractivity contribution in [2.75, 3.05) is 0 Å². The van der Waals surface area contributed by atoms with Gasteiger partial charge in [-0.05, 0) is 24.6 Å². The average molecular weight is 175 g/mol. The van der Waals surface area contributed by atoms with Crippen molar-refractivity contribution >= 4 is 17.2 Å². The number of rotatable bonds is 1. The number of aromatic nitrogens is 1. The Hall–Kier alpha value is -1.77. The molecule has 0 saturated heterocycles. The highest BCUT2D eigenvalue weighted by Crippen LogP contribution is 2.27. The highest BCUT2D eigenvalue weighted by Gasteiger charge is 2.08. The number of aromatic amines is 1. The fourth-order valence-electron chi connectivity index (χ4n) is 1.54. The van der Waals surface area contributed by atoms with Crippen molar-refractivity contribution < 1.29 is 9.90 Å². The average Bonchev–Trinajstić information content (AvgIpc) is 2.53. The van der Waals surface area contributed by atoms with Gasteiger partial charge >= 0.3 is 0 Å². The van der Waals surface area contributed by atoms with E-state index in [2.05, 4.69) is 4.98 Å². The maximum Gasteiger partial charge on any atom is 0.154 e. The Labute approximate surface area is 75.0 Å². The molecule has 0 atom stereocenters. The van der Waals surface area contributed by atoms with Crippen molar-refractivity contribution in [2.24, 2.45) is 0 Å². The number of hydrogen-bond donors (Lipinski definition) is 2. The van der Waals surface area contributed by atoms with E-state index in [1.807, 2.05) is 6.92 Å². The van der Waals surface area contributed by atoms with Gasteiger partial charge in [-0.25, -0.2) is 0 Å². The quantitative estimate of drug-likeness (QED) is 0.651. The third-order valence-electron chi connectivity index (χ3n) is 2.18. The molecule has 0 unspecified atom stereocenters. The first-order valence-corrected chi connectivity index (χ1v) is 3.99. The third kappa shape index (κ3) is 1.01. The van der Waals surface area contributed by atoms with E-state index < -0.39 is 0 Å². The highest BCUT2D eigenvalue weighted by atomic mass is 16.3. The summed E-state index contributed by atoms with van der Waals surface area (Å²) in [6.45, 7) is 1.88. The van der Waals surface area contributed by atoms with Crippen LogP contribution in [0.1, 0.15) is 15.9 Å². The molecule has 0 amide bonds. The summed E-state index contributed by atoms with van der Waals surface area (Å²) in [5, 5.41) is 10.2. The Morgan fingerprint density at radius 1 is 1.54 bits per heavy atom. The van der Waals surface area contributed by atoms with Gasteiger partial charge in [0.2, 0.25) is 0 Å². The van der Waals surface area contributed by atoms with Gasteiger partial charge in [0.05, 0.1) is 5.56 Å². The van der Waals surface area contributed by atoms with Crippen LogP contribution in [0.2, 0.25) is 0 Å². The highest BCUT2D eigenvalue weighted by molar-refractivity contribution is 6.00. The van der Waals surface area contributed by atoms with Crippen molar-refractivity contribution in [3.63, 3.8) is 0 Å². The fraction of sp³-hybridized carbons (Fsp3) is 0.100. The minimum atomic E-state index is 0.0413. The fourth-order valence-corrected chi connectivity index (χ4v) is 1.54. The summed E-state index contributed by atoms with van der Waals surface area (Å²) in [5.74, 6) is 0.0413. The van der Waals surface area contributed by atoms with Crippen LogP contribution in [0.5, 0.6) is 5.75 Å². The Bertz CT molecular complexity index is 471. The second kappa shape index (κ2) is 2.62. The second-order valence-corrected chi connectivity index (χ2v) is 3.01. The van der Waals surface area contributed by atoms with E-state index in [9.17, 15) is 9.90 Å². The van der Waals surface area contributed by atoms with E-state index in [-0.39, 0.29) is 5.75 Å². The number of nitrogens with one attached hydrogen (secondary N) is 1.